The fourth-order valence-corrected chi connectivity index (χ4v) is 1.53. The van der Waals surface area contributed by atoms with Crippen LogP contribution in [-0.4, -0.2) is 5.11 Å². The number of nitroso groups, excluding NO2 is 1. The van der Waals surface area contributed by atoms with Gasteiger partial charge in [-0.3, -0.25) is 0 Å². The molecule has 2 aromatic rings. The van der Waals surface area contributed by atoms with Crippen LogP contribution in [0.3, 0.4) is 0 Å². The lowest BCUT2D eigenvalue weighted by Crippen LogP contribution is -1.88. The Kier molecular flexibility index (Phi) is 2.66. The number of nitrogens with zero attached hydrogens (tertiary/aromatic N) is 1. The van der Waals surface area contributed by atoms with Crippen LogP contribution >= 0.6 is 0 Å². The van der Waals surface area contributed by atoms with Gasteiger partial charge in [0.05, 0.1) is 11.4 Å². The number of nitrogen functional groups attached to an aromatic ring is 2. The van der Waals surface area contributed by atoms with Crippen molar-refractivity contribution in [2.24, 2.45) is 5.18 Å². The first kappa shape index (κ1) is 10.9. The normalized spacial score (nSPS) is 10.1. The van der Waals surface area contributed by atoms with Gasteiger partial charge in [-0.05, 0) is 40.6 Å². The van der Waals surface area contributed by atoms with Crippen molar-refractivity contribution in [3.63, 3.8) is 0 Å². The van der Waals surface area contributed by atoms with Crippen LogP contribution in [0.4, 0.5) is 17.1 Å². The highest BCUT2D eigenvalue weighted by Gasteiger charge is 2.05. The molecule has 2 rings (SSSR count). The summed E-state index contributed by atoms with van der Waals surface area (Å²) in [5, 5.41) is 12.3. The number of benzene rings is 2. The molecule has 2 aromatic carbocycles. The molecule has 0 saturated heterocycles. The van der Waals surface area contributed by atoms with E-state index in [4.69, 9.17) is 11.5 Å². The molecule has 0 fully saturated rings. The van der Waals surface area contributed by atoms with Gasteiger partial charge < -0.3 is 16.6 Å². The lowest BCUT2D eigenvalue weighted by molar-refractivity contribution is 0.478. The van der Waals surface area contributed by atoms with Crippen LogP contribution in [-0.2, 0) is 0 Å². The van der Waals surface area contributed by atoms with Gasteiger partial charge in [0.15, 0.2) is 0 Å². The third-order valence-electron chi connectivity index (χ3n) is 2.49. The van der Waals surface area contributed by atoms with Gasteiger partial charge >= 0.3 is 0 Å². The molecule has 0 heterocycles. The highest BCUT2D eigenvalue weighted by atomic mass is 16.3. The van der Waals surface area contributed by atoms with E-state index in [9.17, 15) is 10.0 Å². The van der Waals surface area contributed by atoms with E-state index in [1.54, 1.807) is 30.3 Å². The number of phenolic OH excluding ortho intramolecular Hbond substituents is 1. The summed E-state index contributed by atoms with van der Waals surface area (Å²) in [6, 6.07) is 9.77. The number of phenols is 1. The summed E-state index contributed by atoms with van der Waals surface area (Å²) in [4.78, 5) is 10.5. The van der Waals surface area contributed by atoms with Gasteiger partial charge in [0.1, 0.15) is 11.4 Å². The molecule has 0 bridgehead atoms. The molecule has 0 amide bonds. The van der Waals surface area contributed by atoms with E-state index >= 15 is 0 Å². The summed E-state index contributed by atoms with van der Waals surface area (Å²) >= 11 is 0. The second-order valence-corrected chi connectivity index (χ2v) is 3.64. The van der Waals surface area contributed by atoms with Crippen molar-refractivity contribution in [2.45, 2.75) is 0 Å². The quantitative estimate of drug-likeness (QED) is 0.418. The minimum Gasteiger partial charge on any atom is -0.506 e. The first-order chi connectivity index (χ1) is 8.11. The van der Waals surface area contributed by atoms with Gasteiger partial charge in [0.2, 0.25) is 0 Å². The predicted octanol–water partition coefficient (Wildman–Crippen LogP) is 2.62. The van der Waals surface area contributed by atoms with E-state index in [0.29, 0.717) is 11.4 Å². The SMILES string of the molecule is Nc1ccc(-c2ccc(N)c(N=O)c2)cc1O. The molecule has 5 heteroatoms. The summed E-state index contributed by atoms with van der Waals surface area (Å²) in [7, 11) is 0. The van der Waals surface area contributed by atoms with Gasteiger partial charge in [0.25, 0.3) is 0 Å². The number of nitrogens with two attached hydrogens (primary N) is 2. The van der Waals surface area contributed by atoms with Crippen molar-refractivity contribution >= 4 is 17.1 Å². The Morgan fingerprint density at radius 3 is 2.12 bits per heavy atom. The molecular weight excluding hydrogens is 218 g/mol. The first-order valence-corrected chi connectivity index (χ1v) is 4.93. The van der Waals surface area contributed by atoms with E-state index in [2.05, 4.69) is 5.18 Å². The Labute approximate surface area is 97.7 Å². The Bertz CT molecular complexity index is 582. The standard InChI is InChI=1S/C12H11N3O2/c13-9-3-1-7(5-11(9)15-17)8-2-4-10(14)12(16)6-8/h1-6,16H,13-14H2. The van der Waals surface area contributed by atoms with Crippen LogP contribution in [0.25, 0.3) is 11.1 Å². The minimum absolute atomic E-state index is 0.0000581. The number of anilines is 2. The molecule has 0 spiro atoms. The summed E-state index contributed by atoms with van der Waals surface area (Å²) in [5.74, 6) is -0.0000581. The van der Waals surface area contributed by atoms with Gasteiger partial charge in [-0.2, -0.15) is 0 Å². The Balaban J connectivity index is 2.52. The van der Waals surface area contributed by atoms with Crippen molar-refractivity contribution in [3.8, 4) is 16.9 Å². The fourth-order valence-electron chi connectivity index (χ4n) is 1.53. The molecule has 0 radical (unpaired) electrons. The summed E-state index contributed by atoms with van der Waals surface area (Å²) in [5.41, 5.74) is 13.4. The highest BCUT2D eigenvalue weighted by molar-refractivity contribution is 5.76. The molecule has 0 aliphatic heterocycles. The van der Waals surface area contributed by atoms with Gasteiger partial charge in [0, 0.05) is 0 Å². The Morgan fingerprint density at radius 2 is 1.53 bits per heavy atom. The van der Waals surface area contributed by atoms with E-state index in [-0.39, 0.29) is 11.4 Å². The molecule has 0 atom stereocenters. The Morgan fingerprint density at radius 1 is 0.941 bits per heavy atom. The topological polar surface area (TPSA) is 102 Å². The summed E-state index contributed by atoms with van der Waals surface area (Å²) in [6.07, 6.45) is 0. The van der Waals surface area contributed by atoms with Crippen LogP contribution in [0.5, 0.6) is 5.75 Å². The molecular formula is C12H11N3O2. The van der Waals surface area contributed by atoms with Crippen LogP contribution < -0.4 is 11.5 Å². The molecule has 5 nitrogen and oxygen atoms in total. The van der Waals surface area contributed by atoms with E-state index in [0.717, 1.165) is 11.1 Å². The lowest BCUT2D eigenvalue weighted by atomic mass is 10.0. The van der Waals surface area contributed by atoms with E-state index in [1.165, 1.54) is 6.07 Å². The van der Waals surface area contributed by atoms with Crippen LogP contribution in [0.15, 0.2) is 41.6 Å². The van der Waals surface area contributed by atoms with Crippen molar-refractivity contribution < 1.29 is 5.11 Å². The average Bonchev–Trinajstić information content (AvgIpc) is 2.33. The molecule has 0 aromatic heterocycles. The third-order valence-corrected chi connectivity index (χ3v) is 2.49. The fraction of sp³-hybridized carbons (Fsp3) is 0. The van der Waals surface area contributed by atoms with Gasteiger partial charge in [-0.1, -0.05) is 12.1 Å². The smallest absolute Gasteiger partial charge is 0.139 e. The van der Waals surface area contributed by atoms with Crippen LogP contribution in [0.2, 0.25) is 0 Å². The van der Waals surface area contributed by atoms with Crippen molar-refractivity contribution in [2.75, 3.05) is 11.5 Å². The Hall–Kier alpha value is -2.56. The van der Waals surface area contributed by atoms with E-state index < -0.39 is 0 Å². The number of aromatic hydroxyl groups is 1. The molecule has 0 aliphatic rings. The second kappa shape index (κ2) is 4.13. The number of hydrogen-bond acceptors (Lipinski definition) is 5. The highest BCUT2D eigenvalue weighted by Crippen LogP contribution is 2.32. The third kappa shape index (κ3) is 2.03. The zero-order chi connectivity index (χ0) is 12.4. The first-order valence-electron chi connectivity index (χ1n) is 4.93. The summed E-state index contributed by atoms with van der Waals surface area (Å²) in [6.45, 7) is 0. The predicted molar refractivity (Wildman–Crippen MR) is 67.8 cm³/mol. The van der Waals surface area contributed by atoms with Crippen molar-refractivity contribution in [1.82, 2.24) is 0 Å². The molecule has 0 saturated carbocycles. The zero-order valence-electron chi connectivity index (χ0n) is 8.92. The van der Waals surface area contributed by atoms with Crippen LogP contribution in [0, 0.1) is 4.91 Å². The molecule has 0 unspecified atom stereocenters. The second-order valence-electron chi connectivity index (χ2n) is 3.64. The van der Waals surface area contributed by atoms with E-state index in [1.807, 2.05) is 0 Å². The largest absolute Gasteiger partial charge is 0.506 e. The van der Waals surface area contributed by atoms with Crippen molar-refractivity contribution in [3.05, 3.63) is 41.3 Å². The maximum Gasteiger partial charge on any atom is 0.139 e. The number of rotatable bonds is 2. The molecule has 0 aliphatic carbocycles. The molecule has 86 valence electrons. The van der Waals surface area contributed by atoms with Gasteiger partial charge in [-0.15, -0.1) is 4.91 Å². The molecule has 5 N–H and O–H groups in total. The van der Waals surface area contributed by atoms with Gasteiger partial charge in [-0.25, -0.2) is 0 Å². The maximum absolute atomic E-state index is 10.5. The van der Waals surface area contributed by atoms with Crippen LogP contribution in [0.1, 0.15) is 0 Å². The van der Waals surface area contributed by atoms with Crippen molar-refractivity contribution in [1.29, 1.82) is 0 Å². The average molecular weight is 229 g/mol. The lowest BCUT2D eigenvalue weighted by Gasteiger charge is -2.06. The number of hydrogen-bond donors (Lipinski definition) is 3. The monoisotopic (exact) mass is 229 g/mol. The minimum atomic E-state index is -0.0000581. The zero-order valence-corrected chi connectivity index (χ0v) is 8.92. The summed E-state index contributed by atoms with van der Waals surface area (Å²) < 4.78 is 0. The molecule has 17 heavy (non-hydrogen) atoms. The maximum atomic E-state index is 10.5.